The van der Waals surface area contributed by atoms with Crippen molar-refractivity contribution in [1.82, 2.24) is 25.9 Å². The molecule has 0 aliphatic heterocycles. The van der Waals surface area contributed by atoms with Crippen LogP contribution >= 0.6 is 0 Å². The zero-order chi connectivity index (χ0) is 26.0. The van der Waals surface area contributed by atoms with Gasteiger partial charge in [0.15, 0.2) is 0 Å². The summed E-state index contributed by atoms with van der Waals surface area (Å²) in [5.74, 6) is -4.51. The number of rotatable bonds is 14. The van der Waals surface area contributed by atoms with Crippen molar-refractivity contribution in [2.24, 2.45) is 23.3 Å². The van der Waals surface area contributed by atoms with Crippen LogP contribution in [0.15, 0.2) is 12.5 Å². The number of carboxylic acid groups (broad SMARTS) is 1. The maximum Gasteiger partial charge on any atom is 0.326 e. The van der Waals surface area contributed by atoms with Gasteiger partial charge in [-0.1, -0.05) is 27.7 Å². The molecule has 1 rings (SSSR count). The van der Waals surface area contributed by atoms with E-state index in [4.69, 9.17) is 11.5 Å². The molecule has 0 aliphatic rings. The van der Waals surface area contributed by atoms with E-state index in [1.807, 2.05) is 0 Å². The summed E-state index contributed by atoms with van der Waals surface area (Å²) in [6.45, 7) is 6.94. The molecule has 34 heavy (non-hydrogen) atoms. The molecule has 1 aromatic rings. The minimum absolute atomic E-state index is 0.0741. The van der Waals surface area contributed by atoms with Gasteiger partial charge < -0.3 is 37.5 Å². The van der Waals surface area contributed by atoms with Gasteiger partial charge in [0.1, 0.15) is 18.1 Å². The van der Waals surface area contributed by atoms with E-state index in [1.54, 1.807) is 27.7 Å². The van der Waals surface area contributed by atoms with Crippen LogP contribution in [0.1, 0.15) is 46.2 Å². The molecule has 0 aliphatic carbocycles. The van der Waals surface area contributed by atoms with Crippen LogP contribution < -0.4 is 27.4 Å². The molecule has 0 radical (unpaired) electrons. The molecule has 0 bridgehead atoms. The summed E-state index contributed by atoms with van der Waals surface area (Å²) in [5.41, 5.74) is 11.5. The number of aromatic nitrogens is 2. The van der Waals surface area contributed by atoms with Crippen molar-refractivity contribution in [3.63, 3.8) is 0 Å². The molecular weight excluding hydrogens is 446 g/mol. The minimum Gasteiger partial charge on any atom is -0.480 e. The van der Waals surface area contributed by atoms with Gasteiger partial charge in [-0.3, -0.25) is 19.2 Å². The average molecular weight is 482 g/mol. The van der Waals surface area contributed by atoms with Gasteiger partial charge in [0.25, 0.3) is 0 Å². The standard InChI is InChI=1S/C21H35N7O6/c1-10(2)16(23)19(31)28-17(11(3)4)20(32)26-13(5-6-15(22)29)18(30)27-14(21(33)34)7-12-8-24-9-25-12/h8-11,13-14,16-17H,5-7,23H2,1-4H3,(H2,22,29)(H,24,25)(H,26,32)(H,27,30)(H,28,31)(H,33,34). The summed E-state index contributed by atoms with van der Waals surface area (Å²) in [4.78, 5) is 67.7. The number of hydrogen-bond acceptors (Lipinski definition) is 7. The summed E-state index contributed by atoms with van der Waals surface area (Å²) in [6, 6.07) is -4.42. The van der Waals surface area contributed by atoms with E-state index in [0.717, 1.165) is 0 Å². The predicted molar refractivity (Wildman–Crippen MR) is 122 cm³/mol. The summed E-state index contributed by atoms with van der Waals surface area (Å²) >= 11 is 0. The Morgan fingerprint density at radius 2 is 1.59 bits per heavy atom. The second kappa shape index (κ2) is 13.3. The zero-order valence-electron chi connectivity index (χ0n) is 19.8. The van der Waals surface area contributed by atoms with E-state index in [9.17, 15) is 29.1 Å². The molecule has 4 amide bonds. The van der Waals surface area contributed by atoms with Crippen molar-refractivity contribution < 1.29 is 29.1 Å². The third kappa shape index (κ3) is 9.17. The fourth-order valence-corrected chi connectivity index (χ4v) is 2.99. The van der Waals surface area contributed by atoms with E-state index in [1.165, 1.54) is 12.5 Å². The van der Waals surface area contributed by atoms with Crippen molar-refractivity contribution in [2.45, 2.75) is 71.1 Å². The lowest BCUT2D eigenvalue weighted by atomic mass is 9.99. The molecule has 190 valence electrons. The number of aliphatic carboxylic acids is 1. The molecule has 13 heteroatoms. The first-order valence-electron chi connectivity index (χ1n) is 11.0. The molecule has 13 nitrogen and oxygen atoms in total. The number of carbonyl (C=O) groups is 5. The SMILES string of the molecule is CC(C)C(N)C(=O)NC(C(=O)NC(CCC(N)=O)C(=O)NC(Cc1cnc[nH]1)C(=O)O)C(C)C. The van der Waals surface area contributed by atoms with Gasteiger partial charge in [0.05, 0.1) is 12.4 Å². The second-order valence-corrected chi connectivity index (χ2v) is 8.75. The lowest BCUT2D eigenvalue weighted by molar-refractivity contribution is -0.142. The van der Waals surface area contributed by atoms with Crippen LogP contribution in [-0.2, 0) is 30.4 Å². The number of nitrogens with zero attached hydrogens (tertiary/aromatic N) is 1. The number of H-pyrrole nitrogens is 1. The number of carbonyl (C=O) groups excluding carboxylic acids is 4. The molecule has 0 saturated carbocycles. The van der Waals surface area contributed by atoms with Crippen LogP contribution in [0.4, 0.5) is 0 Å². The third-order valence-electron chi connectivity index (χ3n) is 5.17. The number of aromatic amines is 1. The van der Waals surface area contributed by atoms with Crippen LogP contribution in [0.2, 0.25) is 0 Å². The normalized spacial score (nSPS) is 14.7. The Labute approximate surface area is 197 Å². The van der Waals surface area contributed by atoms with Gasteiger partial charge >= 0.3 is 5.97 Å². The number of hydrogen-bond donors (Lipinski definition) is 7. The number of amides is 4. The maximum atomic E-state index is 13.0. The smallest absolute Gasteiger partial charge is 0.326 e. The summed E-state index contributed by atoms with van der Waals surface area (Å²) < 4.78 is 0. The highest BCUT2D eigenvalue weighted by atomic mass is 16.4. The topological polar surface area (TPSA) is 222 Å². The number of nitrogens with two attached hydrogens (primary N) is 2. The van der Waals surface area contributed by atoms with Gasteiger partial charge in [-0.2, -0.15) is 0 Å². The van der Waals surface area contributed by atoms with E-state index in [-0.39, 0.29) is 31.1 Å². The maximum absolute atomic E-state index is 13.0. The first-order chi connectivity index (χ1) is 15.8. The minimum atomic E-state index is -1.31. The first kappa shape index (κ1) is 28.6. The number of primary amides is 1. The van der Waals surface area contributed by atoms with Gasteiger partial charge in [-0.05, 0) is 18.3 Å². The highest BCUT2D eigenvalue weighted by Crippen LogP contribution is 2.08. The summed E-state index contributed by atoms with van der Waals surface area (Å²) in [7, 11) is 0. The van der Waals surface area contributed by atoms with Gasteiger partial charge in [0, 0.05) is 24.7 Å². The van der Waals surface area contributed by atoms with E-state index in [0.29, 0.717) is 5.69 Å². The van der Waals surface area contributed by atoms with Crippen LogP contribution in [0, 0.1) is 11.8 Å². The Morgan fingerprint density at radius 1 is 0.971 bits per heavy atom. The van der Waals surface area contributed by atoms with Crippen LogP contribution in [0.5, 0.6) is 0 Å². The van der Waals surface area contributed by atoms with Crippen molar-refractivity contribution in [3.8, 4) is 0 Å². The molecular formula is C21H35N7O6. The lowest BCUT2D eigenvalue weighted by Crippen LogP contribution is -2.59. The average Bonchev–Trinajstić information content (AvgIpc) is 3.25. The Morgan fingerprint density at radius 3 is 2.06 bits per heavy atom. The Balaban J connectivity index is 2.99. The molecule has 0 saturated heterocycles. The van der Waals surface area contributed by atoms with Gasteiger partial charge in [0.2, 0.25) is 23.6 Å². The van der Waals surface area contributed by atoms with Crippen molar-refractivity contribution >= 4 is 29.6 Å². The predicted octanol–water partition coefficient (Wildman–Crippen LogP) is -1.60. The monoisotopic (exact) mass is 481 g/mol. The van der Waals surface area contributed by atoms with Crippen LogP contribution in [-0.4, -0.2) is 68.8 Å². The number of imidazole rings is 1. The Bertz CT molecular complexity index is 856. The van der Waals surface area contributed by atoms with Gasteiger partial charge in [-0.15, -0.1) is 0 Å². The van der Waals surface area contributed by atoms with Crippen LogP contribution in [0.3, 0.4) is 0 Å². The Hall–Kier alpha value is -3.48. The second-order valence-electron chi connectivity index (χ2n) is 8.75. The fraction of sp³-hybridized carbons (Fsp3) is 0.619. The Kier molecular flexibility index (Phi) is 11.2. The zero-order valence-corrected chi connectivity index (χ0v) is 19.8. The van der Waals surface area contributed by atoms with Crippen molar-refractivity contribution in [1.29, 1.82) is 0 Å². The van der Waals surface area contributed by atoms with E-state index in [2.05, 4.69) is 25.9 Å². The van der Waals surface area contributed by atoms with Crippen LogP contribution in [0.25, 0.3) is 0 Å². The molecule has 1 heterocycles. The molecule has 4 atom stereocenters. The van der Waals surface area contributed by atoms with Crippen molar-refractivity contribution in [3.05, 3.63) is 18.2 Å². The third-order valence-corrected chi connectivity index (χ3v) is 5.17. The summed E-state index contributed by atoms with van der Waals surface area (Å²) in [5, 5.41) is 16.9. The first-order valence-corrected chi connectivity index (χ1v) is 11.0. The van der Waals surface area contributed by atoms with Crippen molar-refractivity contribution in [2.75, 3.05) is 0 Å². The molecule has 1 aromatic heterocycles. The fourth-order valence-electron chi connectivity index (χ4n) is 2.99. The molecule has 0 aromatic carbocycles. The largest absolute Gasteiger partial charge is 0.480 e. The van der Waals surface area contributed by atoms with E-state index < -0.39 is 53.8 Å². The number of carboxylic acids is 1. The highest BCUT2D eigenvalue weighted by Gasteiger charge is 2.32. The molecule has 4 unspecified atom stereocenters. The molecule has 0 fully saturated rings. The summed E-state index contributed by atoms with van der Waals surface area (Å²) in [6.07, 6.45) is 2.33. The van der Waals surface area contributed by atoms with Gasteiger partial charge in [-0.25, -0.2) is 9.78 Å². The number of nitrogens with one attached hydrogen (secondary N) is 4. The lowest BCUT2D eigenvalue weighted by Gasteiger charge is -2.27. The molecule has 9 N–H and O–H groups in total. The highest BCUT2D eigenvalue weighted by molar-refractivity contribution is 5.94. The quantitative estimate of drug-likeness (QED) is 0.163. The van der Waals surface area contributed by atoms with E-state index >= 15 is 0 Å². The molecule has 0 spiro atoms.